The van der Waals surface area contributed by atoms with Crippen LogP contribution in [0.15, 0.2) is 18.2 Å². The number of hydrogen-bond acceptors (Lipinski definition) is 2. The quantitative estimate of drug-likeness (QED) is 0.903. The molecule has 2 nitrogen and oxygen atoms in total. The lowest BCUT2D eigenvalue weighted by molar-refractivity contribution is -0.135. The lowest BCUT2D eigenvalue weighted by Crippen LogP contribution is -2.35. The summed E-state index contributed by atoms with van der Waals surface area (Å²) in [7, 11) is 0. The molecule has 0 aliphatic heterocycles. The first-order valence-electron chi connectivity index (χ1n) is 5.06. The second kappa shape index (κ2) is 5.17. The highest BCUT2D eigenvalue weighted by molar-refractivity contribution is 6.33. The van der Waals surface area contributed by atoms with Crippen molar-refractivity contribution < 1.29 is 9.90 Å². The van der Waals surface area contributed by atoms with Gasteiger partial charge >= 0.3 is 0 Å². The monoisotopic (exact) mass is 260 g/mol. The fraction of sp³-hybridized carbons (Fsp3) is 0.417. The van der Waals surface area contributed by atoms with E-state index >= 15 is 0 Å². The van der Waals surface area contributed by atoms with Gasteiger partial charge in [0, 0.05) is 16.5 Å². The van der Waals surface area contributed by atoms with E-state index in [0.29, 0.717) is 22.0 Å². The normalized spacial score (nSPS) is 14.6. The van der Waals surface area contributed by atoms with Crippen LogP contribution >= 0.6 is 23.2 Å². The van der Waals surface area contributed by atoms with E-state index in [1.807, 2.05) is 0 Å². The van der Waals surface area contributed by atoms with Gasteiger partial charge in [-0.25, -0.2) is 0 Å². The smallest absolute Gasteiger partial charge is 0.168 e. The molecule has 4 heteroatoms. The van der Waals surface area contributed by atoms with E-state index in [0.717, 1.165) is 0 Å². The Hall–Kier alpha value is -0.570. The molecule has 1 rings (SSSR count). The van der Waals surface area contributed by atoms with Gasteiger partial charge in [-0.3, -0.25) is 4.79 Å². The van der Waals surface area contributed by atoms with Crippen LogP contribution in [0.2, 0.25) is 10.0 Å². The number of carbonyl (C=O) groups excluding carboxylic acids is 1. The highest BCUT2D eigenvalue weighted by Crippen LogP contribution is 2.23. The summed E-state index contributed by atoms with van der Waals surface area (Å²) >= 11 is 11.8. The molecule has 1 N–H and O–H groups in total. The third-order valence-electron chi connectivity index (χ3n) is 2.65. The summed E-state index contributed by atoms with van der Waals surface area (Å²) in [5, 5.41) is 10.8. The minimum Gasteiger partial charge on any atom is -0.382 e. The number of benzene rings is 1. The molecule has 16 heavy (non-hydrogen) atoms. The number of halogens is 2. The number of aliphatic hydroxyl groups is 1. The Morgan fingerprint density at radius 3 is 2.62 bits per heavy atom. The molecule has 0 radical (unpaired) electrons. The van der Waals surface area contributed by atoms with Crippen LogP contribution in [-0.4, -0.2) is 16.5 Å². The van der Waals surface area contributed by atoms with Crippen LogP contribution < -0.4 is 0 Å². The first-order chi connectivity index (χ1) is 7.36. The lowest BCUT2D eigenvalue weighted by Gasteiger charge is -2.19. The van der Waals surface area contributed by atoms with Crippen molar-refractivity contribution >= 4 is 29.0 Å². The van der Waals surface area contributed by atoms with Gasteiger partial charge in [-0.05, 0) is 37.1 Å². The van der Waals surface area contributed by atoms with Crippen LogP contribution in [0.25, 0.3) is 0 Å². The Morgan fingerprint density at radius 1 is 1.44 bits per heavy atom. The lowest BCUT2D eigenvalue weighted by atomic mass is 9.93. The second-order valence-electron chi connectivity index (χ2n) is 3.96. The topological polar surface area (TPSA) is 37.3 Å². The minimum absolute atomic E-state index is 0.0975. The van der Waals surface area contributed by atoms with Crippen molar-refractivity contribution in [3.8, 4) is 0 Å². The van der Waals surface area contributed by atoms with E-state index in [-0.39, 0.29) is 12.2 Å². The van der Waals surface area contributed by atoms with Crippen LogP contribution in [0, 0.1) is 0 Å². The Bertz CT molecular complexity index is 400. The molecule has 0 aliphatic rings. The van der Waals surface area contributed by atoms with Crippen LogP contribution in [0.1, 0.15) is 25.8 Å². The number of Topliss-reactive ketones (excluding diaryl/α,β-unsaturated/α-hetero) is 1. The van der Waals surface area contributed by atoms with Crippen LogP contribution in [0.3, 0.4) is 0 Å². The summed E-state index contributed by atoms with van der Waals surface area (Å²) in [6.07, 6.45) is 0.476. The maximum atomic E-state index is 11.8. The van der Waals surface area contributed by atoms with Gasteiger partial charge in [0.2, 0.25) is 0 Å². The number of rotatable bonds is 4. The number of hydrogen-bond donors (Lipinski definition) is 1. The van der Waals surface area contributed by atoms with Gasteiger partial charge in [0.1, 0.15) is 5.60 Å². The average Bonchev–Trinajstić information content (AvgIpc) is 2.23. The molecule has 88 valence electrons. The molecule has 1 aromatic rings. The van der Waals surface area contributed by atoms with Crippen molar-refractivity contribution in [1.29, 1.82) is 0 Å². The van der Waals surface area contributed by atoms with Gasteiger partial charge < -0.3 is 5.11 Å². The zero-order valence-electron chi connectivity index (χ0n) is 9.26. The van der Waals surface area contributed by atoms with Gasteiger partial charge in [-0.1, -0.05) is 30.1 Å². The Labute approximate surface area is 105 Å². The van der Waals surface area contributed by atoms with Crippen molar-refractivity contribution in [2.75, 3.05) is 0 Å². The fourth-order valence-corrected chi connectivity index (χ4v) is 1.62. The van der Waals surface area contributed by atoms with Crippen LogP contribution in [-0.2, 0) is 11.2 Å². The molecule has 0 bridgehead atoms. The van der Waals surface area contributed by atoms with Crippen molar-refractivity contribution in [1.82, 2.24) is 0 Å². The summed E-state index contributed by atoms with van der Waals surface area (Å²) in [5.41, 5.74) is -0.654. The summed E-state index contributed by atoms with van der Waals surface area (Å²) in [4.78, 5) is 11.8. The molecule has 0 saturated heterocycles. The molecule has 1 atom stereocenters. The standard InChI is InChI=1S/C12H14Cl2O2/c1-3-12(2,16)11(15)7-8-6-9(13)4-5-10(8)14/h4-6,16H,3,7H2,1-2H3. The molecule has 0 amide bonds. The van der Waals surface area contributed by atoms with E-state index in [1.54, 1.807) is 25.1 Å². The maximum Gasteiger partial charge on any atom is 0.168 e. The minimum atomic E-state index is -1.30. The Balaban J connectivity index is 2.89. The molecule has 1 unspecified atom stereocenters. The molecule has 0 fully saturated rings. The van der Waals surface area contributed by atoms with Gasteiger partial charge in [0.05, 0.1) is 0 Å². The molecular weight excluding hydrogens is 247 g/mol. The molecular formula is C12H14Cl2O2. The van der Waals surface area contributed by atoms with Crippen molar-refractivity contribution in [3.05, 3.63) is 33.8 Å². The van der Waals surface area contributed by atoms with Gasteiger partial charge in [0.15, 0.2) is 5.78 Å². The van der Waals surface area contributed by atoms with Gasteiger partial charge in [-0.2, -0.15) is 0 Å². The van der Waals surface area contributed by atoms with Crippen molar-refractivity contribution in [2.45, 2.75) is 32.3 Å². The number of carbonyl (C=O) groups is 1. The first kappa shape index (κ1) is 13.5. The maximum absolute atomic E-state index is 11.8. The summed E-state index contributed by atoms with van der Waals surface area (Å²) in [6.45, 7) is 3.27. The molecule has 0 spiro atoms. The summed E-state index contributed by atoms with van der Waals surface area (Å²) in [6, 6.07) is 4.95. The highest BCUT2D eigenvalue weighted by Gasteiger charge is 2.27. The zero-order chi connectivity index (χ0) is 12.3. The molecule has 0 aromatic heterocycles. The van der Waals surface area contributed by atoms with E-state index in [4.69, 9.17) is 23.2 Å². The van der Waals surface area contributed by atoms with E-state index in [1.165, 1.54) is 6.92 Å². The third-order valence-corrected chi connectivity index (χ3v) is 3.25. The van der Waals surface area contributed by atoms with E-state index < -0.39 is 5.60 Å². The van der Waals surface area contributed by atoms with Crippen molar-refractivity contribution in [2.24, 2.45) is 0 Å². The summed E-state index contributed by atoms with van der Waals surface area (Å²) < 4.78 is 0. The van der Waals surface area contributed by atoms with Crippen molar-refractivity contribution in [3.63, 3.8) is 0 Å². The predicted octanol–water partition coefficient (Wildman–Crippen LogP) is 3.27. The van der Waals surface area contributed by atoms with Crippen LogP contribution in [0.5, 0.6) is 0 Å². The Morgan fingerprint density at radius 2 is 2.06 bits per heavy atom. The average molecular weight is 261 g/mol. The molecule has 1 aromatic carbocycles. The largest absolute Gasteiger partial charge is 0.382 e. The first-order valence-corrected chi connectivity index (χ1v) is 5.82. The van der Waals surface area contributed by atoms with E-state index in [2.05, 4.69) is 0 Å². The predicted molar refractivity (Wildman–Crippen MR) is 66.1 cm³/mol. The zero-order valence-corrected chi connectivity index (χ0v) is 10.8. The summed E-state index contributed by atoms with van der Waals surface area (Å²) in [5.74, 6) is -0.251. The van der Waals surface area contributed by atoms with Gasteiger partial charge in [0.25, 0.3) is 0 Å². The fourth-order valence-electron chi connectivity index (χ4n) is 1.24. The molecule has 0 aliphatic carbocycles. The Kier molecular flexibility index (Phi) is 4.36. The SMILES string of the molecule is CCC(C)(O)C(=O)Cc1cc(Cl)ccc1Cl. The highest BCUT2D eigenvalue weighted by atomic mass is 35.5. The molecule has 0 saturated carbocycles. The van der Waals surface area contributed by atoms with Crippen LogP contribution in [0.4, 0.5) is 0 Å². The van der Waals surface area contributed by atoms with E-state index in [9.17, 15) is 9.90 Å². The molecule has 0 heterocycles. The second-order valence-corrected chi connectivity index (χ2v) is 4.81. The third kappa shape index (κ3) is 3.21. The number of ketones is 1. The van der Waals surface area contributed by atoms with Gasteiger partial charge in [-0.15, -0.1) is 0 Å².